The van der Waals surface area contributed by atoms with E-state index in [4.69, 9.17) is 0 Å². The molecule has 6 nitrogen and oxygen atoms in total. The molecule has 0 aromatic heterocycles. The van der Waals surface area contributed by atoms with E-state index in [1.807, 2.05) is 13.0 Å². The first kappa shape index (κ1) is 24.6. The summed E-state index contributed by atoms with van der Waals surface area (Å²) in [5.41, 5.74) is 2.60. The van der Waals surface area contributed by atoms with E-state index in [2.05, 4.69) is 10.0 Å². The highest BCUT2D eigenvalue weighted by atomic mass is 32.2. The number of halogens is 1. The Kier molecular flexibility index (Phi) is 6.76. The maximum atomic E-state index is 15.3. The number of alkyl halides is 1. The third-order valence-electron chi connectivity index (χ3n) is 6.06. The van der Waals surface area contributed by atoms with Crippen LogP contribution in [0.1, 0.15) is 58.7 Å². The van der Waals surface area contributed by atoms with E-state index in [0.29, 0.717) is 22.5 Å². The van der Waals surface area contributed by atoms with Gasteiger partial charge in [-0.3, -0.25) is 14.3 Å². The molecule has 0 aliphatic carbocycles. The van der Waals surface area contributed by atoms with E-state index in [-0.39, 0.29) is 22.2 Å². The molecule has 35 heavy (non-hydrogen) atoms. The molecule has 4 rings (SSSR count). The normalized spacial score (nSPS) is 17.6. The third-order valence-corrected chi connectivity index (χ3v) is 7.44. The maximum Gasteiger partial charge on any atom is 0.261 e. The fourth-order valence-corrected chi connectivity index (χ4v) is 5.18. The summed E-state index contributed by atoms with van der Waals surface area (Å²) in [6.45, 7) is 5.54. The van der Waals surface area contributed by atoms with Gasteiger partial charge < -0.3 is 5.32 Å². The van der Waals surface area contributed by atoms with Crippen molar-refractivity contribution >= 4 is 33.0 Å². The number of aryl methyl sites for hydroxylation is 1. The van der Waals surface area contributed by atoms with Crippen LogP contribution >= 0.6 is 0 Å². The van der Waals surface area contributed by atoms with Crippen LogP contribution in [-0.2, 0) is 16.4 Å². The number of carbonyl (C=O) groups excluding carboxylic acids is 2. The Morgan fingerprint density at radius 2 is 1.80 bits per heavy atom. The van der Waals surface area contributed by atoms with Gasteiger partial charge in [0, 0.05) is 28.4 Å². The standard InChI is InChI=1S/C27H27FN2O4S/c1-4-17-7-5-10-20(13-17)30-35(33,34)21-11-12-23-22(15-21)27(32)24(28)25(29-23)18-8-6-9-19(14-18)26(31)16(2)3/h5-16,24-25,29-30H,4H2,1-3H3. The Morgan fingerprint density at radius 1 is 1.06 bits per heavy atom. The number of hydrogen-bond acceptors (Lipinski definition) is 5. The van der Waals surface area contributed by atoms with E-state index in [0.717, 1.165) is 12.0 Å². The number of nitrogens with one attached hydrogen (secondary N) is 2. The van der Waals surface area contributed by atoms with Crippen LogP contribution in [0.2, 0.25) is 0 Å². The molecule has 3 aromatic carbocycles. The molecular weight excluding hydrogens is 467 g/mol. The molecule has 2 atom stereocenters. The van der Waals surface area contributed by atoms with Gasteiger partial charge in [-0.1, -0.05) is 51.1 Å². The Balaban J connectivity index is 1.63. The molecular formula is C27H27FN2O4S. The molecule has 3 aromatic rings. The van der Waals surface area contributed by atoms with Crippen LogP contribution < -0.4 is 10.0 Å². The lowest BCUT2D eigenvalue weighted by molar-refractivity contribution is 0.0849. The molecule has 0 saturated heterocycles. The summed E-state index contributed by atoms with van der Waals surface area (Å²) in [6, 6.07) is 16.7. The van der Waals surface area contributed by atoms with Crippen molar-refractivity contribution in [3.8, 4) is 0 Å². The molecule has 0 fully saturated rings. The summed E-state index contributed by atoms with van der Waals surface area (Å²) in [5, 5.41) is 3.01. The summed E-state index contributed by atoms with van der Waals surface area (Å²) >= 11 is 0. The fourth-order valence-electron chi connectivity index (χ4n) is 4.10. The minimum absolute atomic E-state index is 0.0339. The lowest BCUT2D eigenvalue weighted by Gasteiger charge is -2.30. The monoisotopic (exact) mass is 494 g/mol. The van der Waals surface area contributed by atoms with Gasteiger partial charge >= 0.3 is 0 Å². The minimum atomic E-state index is -3.99. The molecule has 1 aliphatic rings. The van der Waals surface area contributed by atoms with E-state index in [1.54, 1.807) is 56.3 Å². The van der Waals surface area contributed by atoms with Crippen LogP contribution in [-0.4, -0.2) is 26.2 Å². The molecule has 0 saturated carbocycles. The van der Waals surface area contributed by atoms with Crippen LogP contribution in [0.3, 0.4) is 0 Å². The van der Waals surface area contributed by atoms with Crippen molar-refractivity contribution < 1.29 is 22.4 Å². The first-order chi connectivity index (χ1) is 16.6. The maximum absolute atomic E-state index is 15.3. The van der Waals surface area contributed by atoms with Gasteiger partial charge in [-0.15, -0.1) is 0 Å². The quantitative estimate of drug-likeness (QED) is 0.419. The fraction of sp³-hybridized carbons (Fsp3) is 0.259. The molecule has 0 amide bonds. The number of fused-ring (bicyclic) bond motifs is 1. The Bertz CT molecular complexity index is 1400. The zero-order valence-electron chi connectivity index (χ0n) is 19.7. The Labute approximate surface area is 204 Å². The predicted molar refractivity (Wildman–Crippen MR) is 134 cm³/mol. The van der Waals surface area contributed by atoms with Gasteiger partial charge in [0.25, 0.3) is 10.0 Å². The second-order valence-corrected chi connectivity index (χ2v) is 10.6. The van der Waals surface area contributed by atoms with Gasteiger partial charge in [0.15, 0.2) is 12.0 Å². The predicted octanol–water partition coefficient (Wildman–Crippen LogP) is 5.58. The largest absolute Gasteiger partial charge is 0.374 e. The molecule has 0 radical (unpaired) electrons. The van der Waals surface area contributed by atoms with Crippen LogP contribution in [0.4, 0.5) is 15.8 Å². The number of hydrogen-bond donors (Lipinski definition) is 2. The summed E-state index contributed by atoms with van der Waals surface area (Å²) in [5.74, 6) is -1.10. The highest BCUT2D eigenvalue weighted by Crippen LogP contribution is 2.36. The van der Waals surface area contributed by atoms with Crippen LogP contribution in [0.15, 0.2) is 71.6 Å². The van der Waals surface area contributed by atoms with E-state index in [1.165, 1.54) is 18.2 Å². The number of carbonyl (C=O) groups is 2. The number of anilines is 2. The van der Waals surface area contributed by atoms with E-state index < -0.39 is 28.0 Å². The van der Waals surface area contributed by atoms with E-state index >= 15 is 4.39 Å². The van der Waals surface area contributed by atoms with Gasteiger partial charge in [0.05, 0.1) is 10.9 Å². The van der Waals surface area contributed by atoms with Crippen molar-refractivity contribution in [2.24, 2.45) is 5.92 Å². The first-order valence-corrected chi connectivity index (χ1v) is 12.9. The lowest BCUT2D eigenvalue weighted by Crippen LogP contribution is -2.35. The Hall–Kier alpha value is -3.52. The summed E-state index contributed by atoms with van der Waals surface area (Å²) in [4.78, 5) is 25.2. The highest BCUT2D eigenvalue weighted by molar-refractivity contribution is 7.92. The molecule has 182 valence electrons. The molecule has 1 heterocycles. The average molecular weight is 495 g/mol. The smallest absolute Gasteiger partial charge is 0.261 e. The second-order valence-electron chi connectivity index (χ2n) is 8.90. The molecule has 2 unspecified atom stereocenters. The minimum Gasteiger partial charge on any atom is -0.374 e. The highest BCUT2D eigenvalue weighted by Gasteiger charge is 2.37. The lowest BCUT2D eigenvalue weighted by atomic mass is 9.89. The summed E-state index contributed by atoms with van der Waals surface area (Å²) < 4.78 is 43.7. The summed E-state index contributed by atoms with van der Waals surface area (Å²) in [6.07, 6.45) is -1.19. The molecule has 1 aliphatic heterocycles. The Morgan fingerprint density at radius 3 is 2.51 bits per heavy atom. The van der Waals surface area contributed by atoms with Gasteiger partial charge in [-0.25, -0.2) is 12.8 Å². The van der Waals surface area contributed by atoms with Crippen LogP contribution in [0.5, 0.6) is 0 Å². The molecule has 8 heteroatoms. The van der Waals surface area contributed by atoms with Gasteiger partial charge in [-0.05, 0) is 53.9 Å². The number of Topliss-reactive ketones (excluding diaryl/α,β-unsaturated/α-hetero) is 2. The zero-order chi connectivity index (χ0) is 25.3. The number of rotatable bonds is 7. The van der Waals surface area contributed by atoms with Crippen molar-refractivity contribution in [3.63, 3.8) is 0 Å². The third kappa shape index (κ3) is 4.98. The topological polar surface area (TPSA) is 92.3 Å². The number of sulfonamides is 1. The molecule has 0 bridgehead atoms. The van der Waals surface area contributed by atoms with Crippen molar-refractivity contribution in [1.82, 2.24) is 0 Å². The van der Waals surface area contributed by atoms with Crippen molar-refractivity contribution in [2.75, 3.05) is 10.0 Å². The number of benzene rings is 3. The van der Waals surface area contributed by atoms with Gasteiger partial charge in [0.1, 0.15) is 0 Å². The summed E-state index contributed by atoms with van der Waals surface area (Å²) in [7, 11) is -3.99. The van der Waals surface area contributed by atoms with Crippen molar-refractivity contribution in [2.45, 2.75) is 44.3 Å². The second kappa shape index (κ2) is 9.62. The molecule has 0 spiro atoms. The molecule has 2 N–H and O–H groups in total. The van der Waals surface area contributed by atoms with Gasteiger partial charge in [-0.2, -0.15) is 0 Å². The first-order valence-electron chi connectivity index (χ1n) is 11.5. The van der Waals surface area contributed by atoms with Crippen molar-refractivity contribution in [3.05, 3.63) is 89.0 Å². The van der Waals surface area contributed by atoms with E-state index in [9.17, 15) is 18.0 Å². The SMILES string of the molecule is CCc1cccc(NS(=O)(=O)c2ccc3c(c2)C(=O)C(F)C(c2cccc(C(=O)C(C)C)c2)N3)c1. The van der Waals surface area contributed by atoms with Crippen LogP contribution in [0.25, 0.3) is 0 Å². The van der Waals surface area contributed by atoms with Crippen molar-refractivity contribution in [1.29, 1.82) is 0 Å². The zero-order valence-corrected chi connectivity index (χ0v) is 20.5. The van der Waals surface area contributed by atoms with Crippen LogP contribution in [0, 0.1) is 5.92 Å². The number of ketones is 2. The van der Waals surface area contributed by atoms with Gasteiger partial charge in [0.2, 0.25) is 5.78 Å². The average Bonchev–Trinajstić information content (AvgIpc) is 2.85.